The molecule has 0 saturated heterocycles. The number of carbonyl (C=O) groups excluding carboxylic acids is 2. The zero-order valence-corrected chi connectivity index (χ0v) is 19.0. The lowest BCUT2D eigenvalue weighted by Crippen LogP contribution is -2.42. The van der Waals surface area contributed by atoms with Gasteiger partial charge in [-0.15, -0.1) is 0 Å². The fourth-order valence-corrected chi connectivity index (χ4v) is 4.10. The smallest absolute Gasteiger partial charge is 0.251 e. The molecule has 0 bridgehead atoms. The zero-order valence-electron chi connectivity index (χ0n) is 19.0. The molecule has 4 rings (SSSR count). The van der Waals surface area contributed by atoms with Crippen LogP contribution in [0.2, 0.25) is 0 Å². The normalized spacial score (nSPS) is 19.1. The highest BCUT2D eigenvalue weighted by Gasteiger charge is 2.29. The van der Waals surface area contributed by atoms with Crippen molar-refractivity contribution in [3.05, 3.63) is 114 Å². The molecule has 1 N–H and O–H groups in total. The van der Waals surface area contributed by atoms with Crippen LogP contribution < -0.4 is 10.1 Å². The van der Waals surface area contributed by atoms with E-state index in [0.29, 0.717) is 23.3 Å². The molecule has 2 atom stereocenters. The Kier molecular flexibility index (Phi) is 7.38. The van der Waals surface area contributed by atoms with Crippen molar-refractivity contribution < 1.29 is 18.7 Å². The molecule has 0 saturated carbocycles. The van der Waals surface area contributed by atoms with Crippen molar-refractivity contribution in [2.45, 2.75) is 31.5 Å². The van der Waals surface area contributed by atoms with Crippen molar-refractivity contribution in [3.8, 4) is 5.75 Å². The van der Waals surface area contributed by atoms with Crippen LogP contribution in [0.5, 0.6) is 5.75 Å². The Labute approximate surface area is 198 Å². The summed E-state index contributed by atoms with van der Waals surface area (Å²) >= 11 is 0. The topological polar surface area (TPSA) is 58.6 Å². The van der Waals surface area contributed by atoms with Gasteiger partial charge in [0.15, 0.2) is 0 Å². The van der Waals surface area contributed by atoms with E-state index < -0.39 is 0 Å². The van der Waals surface area contributed by atoms with Crippen LogP contribution in [0, 0.1) is 5.82 Å². The largest absolute Gasteiger partial charge is 0.497 e. The molecule has 174 valence electrons. The van der Waals surface area contributed by atoms with Gasteiger partial charge in [0, 0.05) is 30.1 Å². The number of rotatable bonds is 6. The number of nitrogens with zero attached hydrogens (tertiary/aromatic N) is 1. The quantitative estimate of drug-likeness (QED) is 0.526. The second-order valence-electron chi connectivity index (χ2n) is 8.24. The van der Waals surface area contributed by atoms with Crippen LogP contribution >= 0.6 is 0 Å². The second-order valence-corrected chi connectivity index (χ2v) is 8.24. The predicted octanol–water partition coefficient (Wildman–Crippen LogP) is 5.05. The molecule has 1 aliphatic rings. The number of hydrogen-bond donors (Lipinski definition) is 1. The molecule has 3 aromatic carbocycles. The maximum Gasteiger partial charge on any atom is 0.251 e. The van der Waals surface area contributed by atoms with Gasteiger partial charge < -0.3 is 15.0 Å². The maximum atomic E-state index is 14.5. The first-order valence-electron chi connectivity index (χ1n) is 11.2. The lowest BCUT2D eigenvalue weighted by molar-refractivity contribution is -0.134. The average Bonchev–Trinajstić information content (AvgIpc) is 2.86. The number of ether oxygens (including phenoxy) is 1. The van der Waals surface area contributed by atoms with E-state index >= 15 is 0 Å². The third-order valence-electron chi connectivity index (χ3n) is 5.94. The minimum atomic E-state index is -0.371. The van der Waals surface area contributed by atoms with Crippen molar-refractivity contribution in [3.63, 3.8) is 0 Å². The van der Waals surface area contributed by atoms with E-state index in [2.05, 4.69) is 5.32 Å². The number of carbonyl (C=O) groups is 2. The molecule has 1 aliphatic heterocycles. The molecule has 0 spiro atoms. The molecule has 0 aliphatic carbocycles. The Hall–Kier alpha value is -3.93. The highest BCUT2D eigenvalue weighted by Crippen LogP contribution is 2.29. The number of methoxy groups -OCH3 is 1. The first-order chi connectivity index (χ1) is 16.5. The summed E-state index contributed by atoms with van der Waals surface area (Å²) in [5.74, 6) is -0.0236. The van der Waals surface area contributed by atoms with Crippen LogP contribution in [0.1, 0.15) is 40.4 Å². The minimum absolute atomic E-state index is 0.115. The summed E-state index contributed by atoms with van der Waals surface area (Å²) in [6, 6.07) is 22.2. The fraction of sp³-hybridized carbons (Fsp3) is 0.214. The molecule has 2 amide bonds. The van der Waals surface area contributed by atoms with Crippen LogP contribution in [0.15, 0.2) is 91.0 Å². The lowest BCUT2D eigenvalue weighted by Gasteiger charge is -2.34. The summed E-state index contributed by atoms with van der Waals surface area (Å²) in [6.07, 6.45) is 4.56. The molecule has 34 heavy (non-hydrogen) atoms. The van der Waals surface area contributed by atoms with E-state index in [0.717, 1.165) is 5.56 Å². The second kappa shape index (κ2) is 10.8. The lowest BCUT2D eigenvalue weighted by atomic mass is 9.97. The van der Waals surface area contributed by atoms with Crippen LogP contribution in [-0.2, 0) is 11.3 Å². The first kappa shape index (κ1) is 23.2. The summed E-state index contributed by atoms with van der Waals surface area (Å²) in [5.41, 5.74) is 1.88. The Morgan fingerprint density at radius 2 is 1.74 bits per heavy atom. The molecular formula is C28H27FN2O3. The third kappa shape index (κ3) is 5.52. The molecule has 1 heterocycles. The van der Waals surface area contributed by atoms with Crippen molar-refractivity contribution in [2.75, 3.05) is 7.11 Å². The van der Waals surface area contributed by atoms with Gasteiger partial charge in [-0.3, -0.25) is 9.59 Å². The van der Waals surface area contributed by atoms with Gasteiger partial charge in [-0.25, -0.2) is 4.39 Å². The number of nitrogens with one attached hydrogen (secondary N) is 1. The summed E-state index contributed by atoms with van der Waals surface area (Å²) in [7, 11) is 1.60. The summed E-state index contributed by atoms with van der Waals surface area (Å²) in [6.45, 7) is 0.117. The zero-order chi connectivity index (χ0) is 23.9. The Morgan fingerprint density at radius 1 is 1.03 bits per heavy atom. The van der Waals surface area contributed by atoms with E-state index in [9.17, 15) is 14.0 Å². The van der Waals surface area contributed by atoms with Crippen LogP contribution in [0.4, 0.5) is 4.39 Å². The third-order valence-corrected chi connectivity index (χ3v) is 5.94. The van der Waals surface area contributed by atoms with Gasteiger partial charge in [0.2, 0.25) is 5.91 Å². The van der Waals surface area contributed by atoms with Crippen molar-refractivity contribution in [1.82, 2.24) is 10.2 Å². The molecular weight excluding hydrogens is 431 g/mol. The van der Waals surface area contributed by atoms with Crippen molar-refractivity contribution in [1.29, 1.82) is 0 Å². The highest BCUT2D eigenvalue weighted by atomic mass is 19.1. The SMILES string of the molecule is COc1ccc([C@H]2/C=C\C[C@H](NC(=O)c3ccccc3)CC(=O)N2Cc2ccccc2F)cc1. The Morgan fingerprint density at radius 3 is 2.44 bits per heavy atom. The van der Waals surface area contributed by atoms with Gasteiger partial charge in [0.25, 0.3) is 5.91 Å². The van der Waals surface area contributed by atoms with Crippen LogP contribution in [0.25, 0.3) is 0 Å². The van der Waals surface area contributed by atoms with Gasteiger partial charge in [-0.05, 0) is 42.3 Å². The fourth-order valence-electron chi connectivity index (χ4n) is 4.10. The monoisotopic (exact) mass is 458 g/mol. The highest BCUT2D eigenvalue weighted by molar-refractivity contribution is 5.94. The van der Waals surface area contributed by atoms with E-state index in [1.807, 2.05) is 42.5 Å². The first-order valence-corrected chi connectivity index (χ1v) is 11.2. The average molecular weight is 459 g/mol. The summed E-state index contributed by atoms with van der Waals surface area (Å²) in [5, 5.41) is 2.97. The van der Waals surface area contributed by atoms with E-state index in [-0.39, 0.29) is 42.7 Å². The van der Waals surface area contributed by atoms with Gasteiger partial charge in [-0.1, -0.05) is 60.7 Å². The molecule has 0 radical (unpaired) electrons. The maximum absolute atomic E-state index is 14.5. The number of amides is 2. The van der Waals surface area contributed by atoms with E-state index in [4.69, 9.17) is 4.74 Å². The summed E-state index contributed by atoms with van der Waals surface area (Å²) in [4.78, 5) is 27.8. The van der Waals surface area contributed by atoms with Gasteiger partial charge in [0.1, 0.15) is 11.6 Å². The molecule has 5 nitrogen and oxygen atoms in total. The Balaban J connectivity index is 1.61. The van der Waals surface area contributed by atoms with Gasteiger partial charge in [-0.2, -0.15) is 0 Å². The van der Waals surface area contributed by atoms with E-state index in [1.54, 1.807) is 54.5 Å². The molecule has 0 unspecified atom stereocenters. The van der Waals surface area contributed by atoms with Crippen molar-refractivity contribution in [2.24, 2.45) is 0 Å². The molecule has 3 aromatic rings. The molecule has 0 aromatic heterocycles. The van der Waals surface area contributed by atoms with Crippen LogP contribution in [-0.4, -0.2) is 29.9 Å². The predicted molar refractivity (Wildman–Crippen MR) is 129 cm³/mol. The standard InChI is InChI=1S/C28H27FN2O3/c1-34-24-16-14-20(15-17-24)26-13-7-11-23(30-28(33)21-8-3-2-4-9-21)18-27(32)31(26)19-22-10-5-6-12-25(22)29/h2-10,12-17,23,26H,11,18-19H2,1H3,(H,30,33)/b13-7-/t23-,26+/m0/s1. The van der Waals surface area contributed by atoms with Crippen molar-refractivity contribution >= 4 is 11.8 Å². The number of halogens is 1. The van der Waals surface area contributed by atoms with E-state index in [1.165, 1.54) is 6.07 Å². The summed E-state index contributed by atoms with van der Waals surface area (Å²) < 4.78 is 19.7. The van der Waals surface area contributed by atoms with Crippen LogP contribution in [0.3, 0.4) is 0 Å². The van der Waals surface area contributed by atoms with Gasteiger partial charge >= 0.3 is 0 Å². The molecule has 6 heteroatoms. The Bertz CT molecular complexity index is 1160. The minimum Gasteiger partial charge on any atom is -0.497 e. The molecule has 0 fully saturated rings. The number of hydrogen-bond acceptors (Lipinski definition) is 3. The van der Waals surface area contributed by atoms with Gasteiger partial charge in [0.05, 0.1) is 13.2 Å². The number of benzene rings is 3.